The van der Waals surface area contributed by atoms with Gasteiger partial charge in [-0.2, -0.15) is 0 Å². The zero-order valence-electron chi connectivity index (χ0n) is 11.6. The molecule has 0 bridgehead atoms. The number of esters is 1. The summed E-state index contributed by atoms with van der Waals surface area (Å²) >= 11 is 0. The first-order valence-corrected chi connectivity index (χ1v) is 6.27. The van der Waals surface area contributed by atoms with Crippen LogP contribution in [-0.2, 0) is 16.1 Å². The quantitative estimate of drug-likeness (QED) is 0.783. The van der Waals surface area contributed by atoms with Crippen molar-refractivity contribution in [2.75, 3.05) is 7.11 Å². The standard InChI is InChI=1S/C13H23N3O2/c1-10(2)11-15-7-9-16(11)8-5-6-13(3,14)12(17)18-4/h7,9-10H,5-6,8,14H2,1-4H3. The number of nitrogens with zero attached hydrogens (tertiary/aromatic N) is 2. The van der Waals surface area contributed by atoms with Crippen LogP contribution in [0.4, 0.5) is 0 Å². The second-order valence-corrected chi connectivity index (χ2v) is 5.15. The lowest BCUT2D eigenvalue weighted by atomic mass is 9.97. The number of hydrogen-bond donors (Lipinski definition) is 1. The van der Waals surface area contributed by atoms with Gasteiger partial charge in [0.05, 0.1) is 7.11 Å². The monoisotopic (exact) mass is 253 g/mol. The van der Waals surface area contributed by atoms with Gasteiger partial charge in [-0.3, -0.25) is 4.79 Å². The molecule has 0 radical (unpaired) electrons. The van der Waals surface area contributed by atoms with E-state index in [0.29, 0.717) is 12.3 Å². The van der Waals surface area contributed by atoms with E-state index in [1.807, 2.05) is 6.20 Å². The molecule has 0 spiro atoms. The summed E-state index contributed by atoms with van der Waals surface area (Å²) in [4.78, 5) is 15.8. The van der Waals surface area contributed by atoms with Crippen LogP contribution < -0.4 is 5.73 Å². The smallest absolute Gasteiger partial charge is 0.325 e. The Kier molecular flexibility index (Phi) is 4.90. The Morgan fingerprint density at radius 1 is 1.61 bits per heavy atom. The number of rotatable bonds is 6. The van der Waals surface area contributed by atoms with Crippen molar-refractivity contribution in [2.24, 2.45) is 5.73 Å². The SMILES string of the molecule is COC(=O)C(C)(N)CCCn1ccnc1C(C)C. The van der Waals surface area contributed by atoms with E-state index in [4.69, 9.17) is 5.73 Å². The van der Waals surface area contributed by atoms with Gasteiger partial charge in [0.2, 0.25) is 0 Å². The van der Waals surface area contributed by atoms with Gasteiger partial charge in [0, 0.05) is 24.9 Å². The van der Waals surface area contributed by atoms with Gasteiger partial charge in [0.1, 0.15) is 11.4 Å². The molecule has 102 valence electrons. The van der Waals surface area contributed by atoms with Crippen LogP contribution in [0.3, 0.4) is 0 Å². The zero-order chi connectivity index (χ0) is 13.8. The predicted molar refractivity (Wildman–Crippen MR) is 70.2 cm³/mol. The highest BCUT2D eigenvalue weighted by atomic mass is 16.5. The summed E-state index contributed by atoms with van der Waals surface area (Å²) in [5.74, 6) is 1.09. The second kappa shape index (κ2) is 6.00. The van der Waals surface area contributed by atoms with Gasteiger partial charge >= 0.3 is 5.97 Å². The van der Waals surface area contributed by atoms with Crippen LogP contribution in [0, 0.1) is 0 Å². The van der Waals surface area contributed by atoms with Gasteiger partial charge in [-0.15, -0.1) is 0 Å². The molecule has 1 aromatic heterocycles. The van der Waals surface area contributed by atoms with Crippen molar-refractivity contribution in [3.05, 3.63) is 18.2 Å². The maximum Gasteiger partial charge on any atom is 0.325 e. The predicted octanol–water partition coefficient (Wildman–Crippen LogP) is 1.68. The normalized spacial score (nSPS) is 14.6. The number of ether oxygens (including phenoxy) is 1. The molecule has 0 saturated heterocycles. The first kappa shape index (κ1) is 14.7. The van der Waals surface area contributed by atoms with E-state index in [1.165, 1.54) is 7.11 Å². The largest absolute Gasteiger partial charge is 0.468 e. The molecule has 0 aliphatic heterocycles. The van der Waals surface area contributed by atoms with Gasteiger partial charge in [0.15, 0.2) is 0 Å². The average Bonchev–Trinajstić information content (AvgIpc) is 2.76. The Balaban J connectivity index is 2.51. The van der Waals surface area contributed by atoms with E-state index in [-0.39, 0.29) is 5.97 Å². The maximum atomic E-state index is 11.4. The summed E-state index contributed by atoms with van der Waals surface area (Å²) in [6.45, 7) is 6.74. The minimum absolute atomic E-state index is 0.364. The minimum Gasteiger partial charge on any atom is -0.468 e. The summed E-state index contributed by atoms with van der Waals surface area (Å²) in [5.41, 5.74) is 5.00. The van der Waals surface area contributed by atoms with Crippen LogP contribution >= 0.6 is 0 Å². The highest BCUT2D eigenvalue weighted by Gasteiger charge is 2.28. The summed E-state index contributed by atoms with van der Waals surface area (Å²) in [7, 11) is 1.36. The fourth-order valence-corrected chi connectivity index (χ4v) is 1.96. The van der Waals surface area contributed by atoms with Crippen LogP contribution in [0.5, 0.6) is 0 Å². The lowest BCUT2D eigenvalue weighted by Crippen LogP contribution is -2.45. The number of hydrogen-bond acceptors (Lipinski definition) is 4. The summed E-state index contributed by atoms with van der Waals surface area (Å²) in [5, 5.41) is 0. The molecule has 1 heterocycles. The molecule has 1 rings (SSSR count). The lowest BCUT2D eigenvalue weighted by Gasteiger charge is -2.21. The fourth-order valence-electron chi connectivity index (χ4n) is 1.96. The minimum atomic E-state index is -0.909. The highest BCUT2D eigenvalue weighted by Crippen LogP contribution is 2.15. The van der Waals surface area contributed by atoms with Crippen LogP contribution in [0.1, 0.15) is 45.4 Å². The molecule has 0 aliphatic rings. The third-order valence-electron chi connectivity index (χ3n) is 3.01. The number of imidazole rings is 1. The Morgan fingerprint density at radius 2 is 2.28 bits per heavy atom. The molecule has 0 aliphatic carbocycles. The van der Waals surface area contributed by atoms with Crippen molar-refractivity contribution >= 4 is 5.97 Å². The van der Waals surface area contributed by atoms with Gasteiger partial charge in [-0.1, -0.05) is 13.8 Å². The summed E-state index contributed by atoms with van der Waals surface area (Å²) in [6, 6.07) is 0. The van der Waals surface area contributed by atoms with Crippen molar-refractivity contribution in [3.63, 3.8) is 0 Å². The summed E-state index contributed by atoms with van der Waals surface area (Å²) < 4.78 is 6.79. The van der Waals surface area contributed by atoms with E-state index in [1.54, 1.807) is 13.1 Å². The molecular formula is C13H23N3O2. The van der Waals surface area contributed by atoms with Crippen molar-refractivity contribution in [3.8, 4) is 0 Å². The first-order chi connectivity index (χ1) is 8.38. The molecule has 18 heavy (non-hydrogen) atoms. The molecule has 5 nitrogen and oxygen atoms in total. The van der Waals surface area contributed by atoms with Crippen LogP contribution in [-0.4, -0.2) is 28.2 Å². The fraction of sp³-hybridized carbons (Fsp3) is 0.692. The number of methoxy groups -OCH3 is 1. The molecule has 0 saturated carbocycles. The van der Waals surface area contributed by atoms with Crippen LogP contribution in [0.2, 0.25) is 0 Å². The molecule has 1 unspecified atom stereocenters. The van der Waals surface area contributed by atoms with Crippen molar-refractivity contribution in [1.82, 2.24) is 9.55 Å². The topological polar surface area (TPSA) is 70.1 Å². The summed E-state index contributed by atoms with van der Waals surface area (Å²) in [6.07, 6.45) is 5.17. The lowest BCUT2D eigenvalue weighted by molar-refractivity contribution is -0.146. The molecule has 5 heteroatoms. The molecule has 1 aromatic rings. The van der Waals surface area contributed by atoms with E-state index in [2.05, 4.69) is 28.1 Å². The van der Waals surface area contributed by atoms with E-state index >= 15 is 0 Å². The Bertz CT molecular complexity index is 397. The Hall–Kier alpha value is -1.36. The zero-order valence-corrected chi connectivity index (χ0v) is 11.6. The van der Waals surface area contributed by atoms with Crippen molar-refractivity contribution in [1.29, 1.82) is 0 Å². The van der Waals surface area contributed by atoms with E-state index < -0.39 is 5.54 Å². The number of nitrogens with two attached hydrogens (primary N) is 1. The molecule has 0 fully saturated rings. The number of carbonyl (C=O) groups is 1. The van der Waals surface area contributed by atoms with Crippen LogP contribution in [0.25, 0.3) is 0 Å². The highest BCUT2D eigenvalue weighted by molar-refractivity contribution is 5.79. The third kappa shape index (κ3) is 3.57. The molecule has 0 amide bonds. The van der Waals surface area contributed by atoms with Gasteiger partial charge in [-0.25, -0.2) is 4.98 Å². The van der Waals surface area contributed by atoms with Crippen LogP contribution in [0.15, 0.2) is 12.4 Å². The van der Waals surface area contributed by atoms with Gasteiger partial charge in [-0.05, 0) is 19.8 Å². The number of carbonyl (C=O) groups excluding carboxylic acids is 1. The van der Waals surface area contributed by atoms with E-state index in [0.717, 1.165) is 18.8 Å². The van der Waals surface area contributed by atoms with Crippen molar-refractivity contribution < 1.29 is 9.53 Å². The first-order valence-electron chi connectivity index (χ1n) is 6.27. The molecule has 0 aromatic carbocycles. The number of aryl methyl sites for hydroxylation is 1. The third-order valence-corrected chi connectivity index (χ3v) is 3.01. The second-order valence-electron chi connectivity index (χ2n) is 5.15. The Labute approximate surface area is 108 Å². The molecular weight excluding hydrogens is 230 g/mol. The Morgan fingerprint density at radius 3 is 2.83 bits per heavy atom. The number of aromatic nitrogens is 2. The molecule has 1 atom stereocenters. The van der Waals surface area contributed by atoms with Gasteiger partial charge in [0.25, 0.3) is 0 Å². The maximum absolute atomic E-state index is 11.4. The van der Waals surface area contributed by atoms with E-state index in [9.17, 15) is 4.79 Å². The average molecular weight is 253 g/mol. The van der Waals surface area contributed by atoms with Gasteiger partial charge < -0.3 is 15.0 Å². The molecule has 2 N–H and O–H groups in total. The van der Waals surface area contributed by atoms with Crippen molar-refractivity contribution in [2.45, 2.75) is 51.6 Å².